The van der Waals surface area contributed by atoms with Crippen LogP contribution >= 0.6 is 0 Å². The number of nitrogens with zero attached hydrogens (tertiary/aromatic N) is 2. The van der Waals surface area contributed by atoms with Crippen molar-refractivity contribution in [3.05, 3.63) is 66.1 Å². The number of hydrogen-bond acceptors (Lipinski definition) is 4. The molecule has 132 valence electrons. The minimum atomic E-state index is -3.80. The molecule has 0 spiro atoms. The van der Waals surface area contributed by atoms with Crippen molar-refractivity contribution in [1.29, 1.82) is 0 Å². The van der Waals surface area contributed by atoms with Gasteiger partial charge in [0.25, 0.3) is 10.0 Å². The Bertz CT molecular complexity index is 984. The molecule has 0 atom stereocenters. The lowest BCUT2D eigenvalue weighted by Crippen LogP contribution is -2.21. The lowest BCUT2D eigenvalue weighted by atomic mass is 10.1. The van der Waals surface area contributed by atoms with Gasteiger partial charge in [0.2, 0.25) is 0 Å². The Morgan fingerprint density at radius 2 is 1.88 bits per heavy atom. The maximum absolute atomic E-state index is 14.1. The van der Waals surface area contributed by atoms with Crippen LogP contribution in [0.4, 0.5) is 4.39 Å². The van der Waals surface area contributed by atoms with E-state index < -0.39 is 15.8 Å². The molecule has 0 radical (unpaired) electrons. The summed E-state index contributed by atoms with van der Waals surface area (Å²) in [5.74, 6) is -0.497. The molecule has 0 saturated carbocycles. The summed E-state index contributed by atoms with van der Waals surface area (Å²) in [6.45, 7) is 0.851. The van der Waals surface area contributed by atoms with E-state index in [-0.39, 0.29) is 11.5 Å². The number of aliphatic hydroxyl groups is 1. The molecule has 3 aromatic rings. The van der Waals surface area contributed by atoms with Crippen molar-refractivity contribution in [2.24, 2.45) is 0 Å². The van der Waals surface area contributed by atoms with Crippen molar-refractivity contribution in [3.8, 4) is 0 Å². The maximum Gasteiger partial charge on any atom is 0.268 e. The number of aliphatic hydroxyl groups excluding tert-OH is 1. The summed E-state index contributed by atoms with van der Waals surface area (Å²) < 4.78 is 40.9. The van der Waals surface area contributed by atoms with Crippen LogP contribution in [0.15, 0.2) is 59.6 Å². The van der Waals surface area contributed by atoms with Crippen molar-refractivity contribution in [2.75, 3.05) is 20.2 Å². The molecule has 0 aliphatic heterocycles. The van der Waals surface area contributed by atoms with Crippen LogP contribution in [-0.4, -0.2) is 42.6 Å². The van der Waals surface area contributed by atoms with Gasteiger partial charge < -0.3 is 5.11 Å². The topological polar surface area (TPSA) is 62.5 Å². The number of benzene rings is 2. The second-order valence-electron chi connectivity index (χ2n) is 5.89. The van der Waals surface area contributed by atoms with Gasteiger partial charge in [-0.2, -0.15) is 0 Å². The molecule has 25 heavy (non-hydrogen) atoms. The molecular formula is C18H19FN2O3S. The first-order chi connectivity index (χ1) is 11.9. The van der Waals surface area contributed by atoms with Gasteiger partial charge in [0.05, 0.1) is 17.0 Å². The molecule has 2 aromatic carbocycles. The Kier molecular flexibility index (Phi) is 4.89. The van der Waals surface area contributed by atoms with E-state index in [1.165, 1.54) is 30.5 Å². The average Bonchev–Trinajstić information content (AvgIpc) is 3.00. The third-order valence-corrected chi connectivity index (χ3v) is 5.75. The van der Waals surface area contributed by atoms with Crippen molar-refractivity contribution < 1.29 is 17.9 Å². The lowest BCUT2D eigenvalue weighted by Gasteiger charge is -2.16. The van der Waals surface area contributed by atoms with Gasteiger partial charge in [0.15, 0.2) is 0 Å². The van der Waals surface area contributed by atoms with Crippen LogP contribution in [0.2, 0.25) is 0 Å². The Hall–Kier alpha value is -2.22. The lowest BCUT2D eigenvalue weighted by molar-refractivity contribution is 0.217. The van der Waals surface area contributed by atoms with E-state index in [1.807, 2.05) is 11.9 Å². The molecule has 0 fully saturated rings. The molecular weight excluding hydrogens is 343 g/mol. The summed E-state index contributed by atoms with van der Waals surface area (Å²) >= 11 is 0. The molecule has 0 unspecified atom stereocenters. The van der Waals surface area contributed by atoms with Gasteiger partial charge in [0.1, 0.15) is 5.82 Å². The molecule has 1 aromatic heterocycles. The second kappa shape index (κ2) is 6.95. The number of aromatic nitrogens is 1. The molecule has 0 aliphatic carbocycles. The highest BCUT2D eigenvalue weighted by atomic mass is 32.2. The van der Waals surface area contributed by atoms with Crippen LogP contribution in [0.25, 0.3) is 10.9 Å². The number of rotatable bonds is 6. The molecule has 1 heterocycles. The second-order valence-corrected chi connectivity index (χ2v) is 7.70. The van der Waals surface area contributed by atoms with Crippen LogP contribution in [-0.2, 0) is 16.6 Å². The largest absolute Gasteiger partial charge is 0.395 e. The van der Waals surface area contributed by atoms with E-state index in [0.717, 1.165) is 3.97 Å². The van der Waals surface area contributed by atoms with Gasteiger partial charge in [-0.3, -0.25) is 4.90 Å². The Balaban J connectivity index is 2.12. The molecule has 5 nitrogen and oxygen atoms in total. The van der Waals surface area contributed by atoms with Gasteiger partial charge in [-0.1, -0.05) is 18.2 Å². The fourth-order valence-electron chi connectivity index (χ4n) is 2.84. The molecule has 3 rings (SSSR count). The maximum atomic E-state index is 14.1. The van der Waals surface area contributed by atoms with Crippen molar-refractivity contribution in [2.45, 2.75) is 11.4 Å². The normalized spacial score (nSPS) is 12.2. The first kappa shape index (κ1) is 17.6. The third kappa shape index (κ3) is 3.44. The first-order valence-electron chi connectivity index (χ1n) is 7.83. The average molecular weight is 362 g/mol. The summed E-state index contributed by atoms with van der Waals surface area (Å²) in [5, 5.41) is 9.69. The molecule has 0 bridgehead atoms. The molecule has 7 heteroatoms. The highest BCUT2D eigenvalue weighted by molar-refractivity contribution is 7.90. The van der Waals surface area contributed by atoms with Crippen molar-refractivity contribution in [1.82, 2.24) is 8.87 Å². The quantitative estimate of drug-likeness (QED) is 0.732. The number of likely N-dealkylation sites (N-methyl/N-ethyl adjacent to an activating group) is 1. The third-order valence-electron chi connectivity index (χ3n) is 4.04. The predicted molar refractivity (Wildman–Crippen MR) is 94.3 cm³/mol. The monoisotopic (exact) mass is 362 g/mol. The SMILES string of the molecule is CN(CCO)Cc1cc(F)cc2c1ccn2S(=O)(=O)c1ccccc1. The zero-order valence-electron chi connectivity index (χ0n) is 13.8. The van der Waals surface area contributed by atoms with Crippen molar-refractivity contribution >= 4 is 20.9 Å². The van der Waals surface area contributed by atoms with E-state index >= 15 is 0 Å². The van der Waals surface area contributed by atoms with Crippen LogP contribution < -0.4 is 0 Å². The van der Waals surface area contributed by atoms with Gasteiger partial charge in [-0.05, 0) is 42.9 Å². The van der Waals surface area contributed by atoms with Crippen LogP contribution in [0.5, 0.6) is 0 Å². The van der Waals surface area contributed by atoms with E-state index in [2.05, 4.69) is 0 Å². The summed E-state index contributed by atoms with van der Waals surface area (Å²) in [5.41, 5.74) is 0.976. The summed E-state index contributed by atoms with van der Waals surface area (Å²) in [6.07, 6.45) is 1.45. The Labute approximate surface area is 146 Å². The van der Waals surface area contributed by atoms with Crippen LogP contribution in [0.1, 0.15) is 5.56 Å². The summed E-state index contributed by atoms with van der Waals surface area (Å²) in [4.78, 5) is 1.99. The van der Waals surface area contributed by atoms with Gasteiger partial charge in [0, 0.05) is 24.7 Å². The Morgan fingerprint density at radius 3 is 2.56 bits per heavy atom. The predicted octanol–water partition coefficient (Wildman–Crippen LogP) is 2.44. The van der Waals surface area contributed by atoms with Crippen LogP contribution in [0, 0.1) is 5.82 Å². The highest BCUT2D eigenvalue weighted by Gasteiger charge is 2.20. The fourth-order valence-corrected chi connectivity index (χ4v) is 4.20. The highest BCUT2D eigenvalue weighted by Crippen LogP contribution is 2.26. The molecule has 0 saturated heterocycles. The fraction of sp³-hybridized carbons (Fsp3) is 0.222. The van der Waals surface area contributed by atoms with E-state index in [1.54, 1.807) is 24.3 Å². The minimum Gasteiger partial charge on any atom is -0.395 e. The zero-order valence-corrected chi connectivity index (χ0v) is 14.6. The Morgan fingerprint density at radius 1 is 1.16 bits per heavy atom. The first-order valence-corrected chi connectivity index (χ1v) is 9.27. The summed E-state index contributed by atoms with van der Waals surface area (Å²) in [6, 6.07) is 12.4. The van der Waals surface area contributed by atoms with Crippen molar-refractivity contribution in [3.63, 3.8) is 0 Å². The number of fused-ring (bicyclic) bond motifs is 1. The molecule has 0 aliphatic rings. The van der Waals surface area contributed by atoms with Gasteiger partial charge in [-0.15, -0.1) is 0 Å². The number of hydrogen-bond donors (Lipinski definition) is 1. The van der Waals surface area contributed by atoms with E-state index in [4.69, 9.17) is 5.11 Å². The number of halogens is 1. The van der Waals surface area contributed by atoms with Gasteiger partial charge in [-0.25, -0.2) is 16.8 Å². The van der Waals surface area contributed by atoms with Crippen LogP contribution in [0.3, 0.4) is 0 Å². The van der Waals surface area contributed by atoms with Gasteiger partial charge >= 0.3 is 0 Å². The minimum absolute atomic E-state index is 0.00163. The smallest absolute Gasteiger partial charge is 0.268 e. The zero-order chi connectivity index (χ0) is 18.0. The van der Waals surface area contributed by atoms with E-state index in [9.17, 15) is 12.8 Å². The standard InChI is InChI=1S/C18H19FN2O3S/c1-20(9-10-22)13-14-11-15(19)12-18-17(14)7-8-21(18)25(23,24)16-5-3-2-4-6-16/h2-8,11-12,22H,9-10,13H2,1H3. The molecule has 0 amide bonds. The summed E-state index contributed by atoms with van der Waals surface area (Å²) in [7, 11) is -1.99. The molecule has 1 N–H and O–H groups in total. The van der Waals surface area contributed by atoms with E-state index in [0.29, 0.717) is 29.6 Å².